The number of fused-ring (bicyclic) bond motifs is 1. The van der Waals surface area contributed by atoms with E-state index >= 15 is 0 Å². The van der Waals surface area contributed by atoms with Crippen molar-refractivity contribution in [2.45, 2.75) is 26.4 Å². The van der Waals surface area contributed by atoms with Crippen molar-refractivity contribution in [3.8, 4) is 0 Å². The summed E-state index contributed by atoms with van der Waals surface area (Å²) in [6.45, 7) is 3.22. The molecular formula is C17H16ClFN2O3S. The van der Waals surface area contributed by atoms with E-state index in [2.05, 4.69) is 9.97 Å². The van der Waals surface area contributed by atoms with Crippen molar-refractivity contribution in [3.05, 3.63) is 51.9 Å². The van der Waals surface area contributed by atoms with Gasteiger partial charge in [-0.1, -0.05) is 6.92 Å². The molecule has 2 aromatic heterocycles. The molecule has 1 aromatic carbocycles. The molecule has 0 aliphatic carbocycles. The number of ketones is 1. The number of carbonyl (C=O) groups excluding carboxylic acids is 2. The van der Waals surface area contributed by atoms with Crippen molar-refractivity contribution in [2.75, 3.05) is 0 Å². The Balaban J connectivity index is 0.00000225. The first-order valence-electron chi connectivity index (χ1n) is 7.43. The smallest absolute Gasteiger partial charge is 0.303 e. The highest BCUT2D eigenvalue weighted by molar-refractivity contribution is 7.12. The van der Waals surface area contributed by atoms with Crippen molar-refractivity contribution in [1.82, 2.24) is 9.97 Å². The maximum atomic E-state index is 13.2. The average Bonchev–Trinajstić information content (AvgIpc) is 3.18. The van der Waals surface area contributed by atoms with Crippen LogP contribution in [0.1, 0.15) is 47.4 Å². The van der Waals surface area contributed by atoms with Crippen LogP contribution in [-0.2, 0) is 9.53 Å². The summed E-state index contributed by atoms with van der Waals surface area (Å²) in [5.74, 6) is -1.00. The van der Waals surface area contributed by atoms with Crippen LogP contribution < -0.4 is 0 Å². The van der Waals surface area contributed by atoms with Gasteiger partial charge in [0.05, 0.1) is 11.3 Å². The minimum Gasteiger partial charge on any atom is -0.456 e. The number of benzene rings is 1. The summed E-state index contributed by atoms with van der Waals surface area (Å²) in [6.07, 6.45) is 1.66. The van der Waals surface area contributed by atoms with Crippen LogP contribution >= 0.6 is 23.7 Å². The molecule has 5 nitrogen and oxygen atoms in total. The molecule has 0 spiro atoms. The summed E-state index contributed by atoms with van der Waals surface area (Å²) >= 11 is 1.20. The number of rotatable bonds is 5. The molecule has 0 saturated carbocycles. The largest absolute Gasteiger partial charge is 0.456 e. The van der Waals surface area contributed by atoms with E-state index in [0.29, 0.717) is 33.6 Å². The first-order valence-corrected chi connectivity index (χ1v) is 8.31. The minimum atomic E-state index is -0.461. The van der Waals surface area contributed by atoms with Crippen LogP contribution in [0.15, 0.2) is 29.8 Å². The SMILES string of the molecule is CC[C@H](OC(C)=O)c1csc(C(=O)c2c[nH]c3cc(F)ccc23)n1.Cl. The Morgan fingerprint density at radius 1 is 1.40 bits per heavy atom. The molecule has 8 heteroatoms. The van der Waals surface area contributed by atoms with Gasteiger partial charge in [0.2, 0.25) is 5.78 Å². The number of hydrogen-bond donors (Lipinski definition) is 1. The molecule has 0 bridgehead atoms. The van der Waals surface area contributed by atoms with Crippen LogP contribution in [-0.4, -0.2) is 21.7 Å². The second kappa shape index (κ2) is 7.76. The summed E-state index contributed by atoms with van der Waals surface area (Å²) < 4.78 is 18.4. The Labute approximate surface area is 153 Å². The van der Waals surface area contributed by atoms with Crippen molar-refractivity contribution in [1.29, 1.82) is 0 Å². The van der Waals surface area contributed by atoms with E-state index in [1.807, 2.05) is 6.92 Å². The predicted molar refractivity (Wildman–Crippen MR) is 95.8 cm³/mol. The van der Waals surface area contributed by atoms with E-state index in [9.17, 15) is 14.0 Å². The maximum absolute atomic E-state index is 13.2. The topological polar surface area (TPSA) is 72.1 Å². The van der Waals surface area contributed by atoms with Crippen LogP contribution in [0.3, 0.4) is 0 Å². The van der Waals surface area contributed by atoms with Gasteiger partial charge >= 0.3 is 5.97 Å². The standard InChI is InChI=1S/C17H15FN2O3S.ClH/c1-3-15(23-9(2)21)14-8-24-17(20-14)16(22)12-7-19-13-6-10(18)4-5-11(12)13;/h4-8,15,19H,3H2,1-2H3;1H/t15-;/m0./s1. The summed E-state index contributed by atoms with van der Waals surface area (Å²) in [4.78, 5) is 31.0. The Morgan fingerprint density at radius 3 is 2.84 bits per heavy atom. The van der Waals surface area contributed by atoms with Crippen LogP contribution in [0.2, 0.25) is 0 Å². The molecule has 132 valence electrons. The number of esters is 1. The monoisotopic (exact) mass is 382 g/mol. The molecule has 0 fully saturated rings. The number of carbonyl (C=O) groups is 2. The Kier molecular flexibility index (Phi) is 5.92. The summed E-state index contributed by atoms with van der Waals surface area (Å²) in [5, 5.41) is 2.67. The summed E-state index contributed by atoms with van der Waals surface area (Å²) in [5.41, 5.74) is 1.56. The molecule has 3 rings (SSSR count). The lowest BCUT2D eigenvalue weighted by Gasteiger charge is -2.11. The third-order valence-corrected chi connectivity index (χ3v) is 4.47. The number of ether oxygens (including phenoxy) is 1. The van der Waals surface area contributed by atoms with Gasteiger partial charge in [0.1, 0.15) is 11.9 Å². The van der Waals surface area contributed by atoms with Crippen LogP contribution in [0.5, 0.6) is 0 Å². The molecule has 1 atom stereocenters. The highest BCUT2D eigenvalue weighted by Crippen LogP contribution is 2.27. The van der Waals surface area contributed by atoms with Crippen molar-refractivity contribution in [2.24, 2.45) is 0 Å². The third kappa shape index (κ3) is 3.88. The van der Waals surface area contributed by atoms with Crippen molar-refractivity contribution < 1.29 is 18.7 Å². The number of H-pyrrole nitrogens is 1. The van der Waals surface area contributed by atoms with Crippen LogP contribution in [0, 0.1) is 5.82 Å². The molecule has 1 N–H and O–H groups in total. The molecule has 3 aromatic rings. The Hall–Kier alpha value is -2.25. The zero-order valence-corrected chi connectivity index (χ0v) is 15.2. The number of halogens is 2. The summed E-state index contributed by atoms with van der Waals surface area (Å²) in [6, 6.07) is 4.22. The number of nitrogens with one attached hydrogen (secondary N) is 1. The second-order valence-electron chi connectivity index (χ2n) is 5.31. The highest BCUT2D eigenvalue weighted by Gasteiger charge is 2.21. The normalized spacial score (nSPS) is 11.8. The number of aromatic nitrogens is 2. The zero-order chi connectivity index (χ0) is 17.3. The van der Waals surface area contributed by atoms with Gasteiger partial charge in [0.25, 0.3) is 0 Å². The van der Waals surface area contributed by atoms with E-state index < -0.39 is 6.10 Å². The van der Waals surface area contributed by atoms with Gasteiger partial charge in [0, 0.05) is 29.4 Å². The predicted octanol–water partition coefficient (Wildman–Crippen LogP) is 4.43. The summed E-state index contributed by atoms with van der Waals surface area (Å²) in [7, 11) is 0. The van der Waals surface area contributed by atoms with Gasteiger partial charge in [-0.3, -0.25) is 9.59 Å². The number of nitrogens with zero attached hydrogens (tertiary/aromatic N) is 1. The van der Waals surface area contributed by atoms with Gasteiger partial charge < -0.3 is 9.72 Å². The lowest BCUT2D eigenvalue weighted by atomic mass is 10.1. The number of thiazole rings is 1. The fraction of sp³-hybridized carbons (Fsp3) is 0.235. The lowest BCUT2D eigenvalue weighted by molar-refractivity contribution is -0.147. The van der Waals surface area contributed by atoms with E-state index in [1.165, 1.54) is 30.4 Å². The number of hydrogen-bond acceptors (Lipinski definition) is 5. The highest BCUT2D eigenvalue weighted by atomic mass is 35.5. The van der Waals surface area contributed by atoms with Gasteiger partial charge in [-0.15, -0.1) is 23.7 Å². The van der Waals surface area contributed by atoms with Gasteiger partial charge in [-0.2, -0.15) is 0 Å². The average molecular weight is 383 g/mol. The molecule has 0 radical (unpaired) electrons. The van der Waals surface area contributed by atoms with E-state index in [0.717, 1.165) is 0 Å². The number of aromatic amines is 1. The van der Waals surface area contributed by atoms with Crippen LogP contribution in [0.25, 0.3) is 10.9 Å². The van der Waals surface area contributed by atoms with E-state index in [4.69, 9.17) is 4.74 Å². The maximum Gasteiger partial charge on any atom is 0.303 e. The van der Waals surface area contributed by atoms with Gasteiger partial charge in [-0.05, 0) is 24.6 Å². The quantitative estimate of drug-likeness (QED) is 0.523. The van der Waals surface area contributed by atoms with Gasteiger partial charge in [0.15, 0.2) is 5.01 Å². The van der Waals surface area contributed by atoms with E-state index in [1.54, 1.807) is 17.6 Å². The molecular weight excluding hydrogens is 367 g/mol. The minimum absolute atomic E-state index is 0. The Morgan fingerprint density at radius 2 is 2.16 bits per heavy atom. The first kappa shape index (κ1) is 19.1. The van der Waals surface area contributed by atoms with E-state index in [-0.39, 0.29) is 30.0 Å². The third-order valence-electron chi connectivity index (χ3n) is 3.61. The fourth-order valence-corrected chi connectivity index (χ4v) is 3.30. The molecule has 0 aliphatic heterocycles. The first-order chi connectivity index (χ1) is 11.5. The molecule has 0 aliphatic rings. The van der Waals surface area contributed by atoms with Crippen molar-refractivity contribution >= 4 is 46.4 Å². The second-order valence-corrected chi connectivity index (χ2v) is 6.16. The lowest BCUT2D eigenvalue weighted by Crippen LogP contribution is -2.08. The molecule has 2 heterocycles. The molecule has 25 heavy (non-hydrogen) atoms. The molecule has 0 amide bonds. The van der Waals surface area contributed by atoms with Gasteiger partial charge in [-0.25, -0.2) is 9.37 Å². The van der Waals surface area contributed by atoms with Crippen molar-refractivity contribution in [3.63, 3.8) is 0 Å². The Bertz CT molecular complexity index is 922. The fourth-order valence-electron chi connectivity index (χ4n) is 2.49. The van der Waals surface area contributed by atoms with Crippen LogP contribution in [0.4, 0.5) is 4.39 Å². The zero-order valence-electron chi connectivity index (χ0n) is 13.5. The molecule has 0 unspecified atom stereocenters. The molecule has 0 saturated heterocycles.